The Morgan fingerprint density at radius 2 is 2.00 bits per heavy atom. The van der Waals surface area contributed by atoms with Crippen LogP contribution >= 0.6 is 0 Å². The maximum Gasteiger partial charge on any atom is 0.336 e. The van der Waals surface area contributed by atoms with E-state index in [1.807, 2.05) is 13.0 Å². The summed E-state index contributed by atoms with van der Waals surface area (Å²) in [5, 5.41) is 12.4. The smallest absolute Gasteiger partial charge is 0.336 e. The highest BCUT2D eigenvalue weighted by atomic mass is 16.5. The van der Waals surface area contributed by atoms with Crippen LogP contribution in [0.15, 0.2) is 27.4 Å². The number of benzene rings is 1. The molecule has 0 aliphatic carbocycles. The molecular formula is C21H27NO6. The molecule has 7 heteroatoms. The van der Waals surface area contributed by atoms with Gasteiger partial charge in [-0.1, -0.05) is 26.7 Å². The molecule has 1 heterocycles. The van der Waals surface area contributed by atoms with Crippen LogP contribution in [0.3, 0.4) is 0 Å². The molecular weight excluding hydrogens is 362 g/mol. The van der Waals surface area contributed by atoms with Crippen molar-refractivity contribution >= 4 is 22.8 Å². The minimum atomic E-state index is -1.07. The standard InChI is InChI=1S/C21H27NO6/c1-4-6-8-14-11-19(24)28-20-13(3)17(10-9-15(14)20)27-12-18(23)22-16(7-5-2)21(25)26/h9-11,16H,4-8,12H2,1-3H3,(H,22,23)(H,25,26). The number of hydrogen-bond acceptors (Lipinski definition) is 5. The molecule has 1 aromatic heterocycles. The van der Waals surface area contributed by atoms with Crippen LogP contribution in [0.5, 0.6) is 5.75 Å². The van der Waals surface area contributed by atoms with E-state index >= 15 is 0 Å². The minimum Gasteiger partial charge on any atom is -0.483 e. The SMILES string of the molecule is CCCCc1cc(=O)oc2c(C)c(OCC(=O)NC(CCC)C(=O)O)ccc12. The van der Waals surface area contributed by atoms with Crippen LogP contribution in [-0.4, -0.2) is 29.6 Å². The van der Waals surface area contributed by atoms with E-state index in [2.05, 4.69) is 12.2 Å². The number of carbonyl (C=O) groups is 2. The zero-order valence-electron chi connectivity index (χ0n) is 16.5. The van der Waals surface area contributed by atoms with Gasteiger partial charge in [-0.05, 0) is 43.9 Å². The lowest BCUT2D eigenvalue weighted by atomic mass is 10.0. The quantitative estimate of drug-likeness (QED) is 0.605. The number of carbonyl (C=O) groups excluding carboxylic acids is 1. The predicted molar refractivity (Wildman–Crippen MR) is 106 cm³/mol. The maximum absolute atomic E-state index is 12.0. The summed E-state index contributed by atoms with van der Waals surface area (Å²) in [6, 6.07) is 4.14. The molecule has 2 rings (SSSR count). The van der Waals surface area contributed by atoms with Crippen LogP contribution in [0, 0.1) is 6.92 Å². The zero-order chi connectivity index (χ0) is 20.7. The van der Waals surface area contributed by atoms with Crippen LogP contribution in [0.2, 0.25) is 0 Å². The van der Waals surface area contributed by atoms with Crippen LogP contribution in [0.25, 0.3) is 11.0 Å². The highest BCUT2D eigenvalue weighted by Crippen LogP contribution is 2.29. The third-order valence-electron chi connectivity index (χ3n) is 4.57. The van der Waals surface area contributed by atoms with Gasteiger partial charge in [0.2, 0.25) is 0 Å². The molecule has 0 bridgehead atoms. The summed E-state index contributed by atoms with van der Waals surface area (Å²) >= 11 is 0. The Bertz CT molecular complexity index is 902. The van der Waals surface area contributed by atoms with Crippen molar-refractivity contribution in [2.45, 2.75) is 58.9 Å². The van der Waals surface area contributed by atoms with Gasteiger partial charge in [-0.2, -0.15) is 0 Å². The summed E-state index contributed by atoms with van der Waals surface area (Å²) in [7, 11) is 0. The molecule has 1 aromatic carbocycles. The van der Waals surface area contributed by atoms with Gasteiger partial charge in [-0.3, -0.25) is 4.79 Å². The second-order valence-corrected chi connectivity index (χ2v) is 6.80. The number of nitrogens with one attached hydrogen (secondary N) is 1. The van der Waals surface area contributed by atoms with Gasteiger partial charge < -0.3 is 19.6 Å². The first-order chi connectivity index (χ1) is 13.4. The Labute approximate surface area is 163 Å². The van der Waals surface area contributed by atoms with Gasteiger partial charge in [0, 0.05) is 17.0 Å². The summed E-state index contributed by atoms with van der Waals surface area (Å²) in [6.45, 7) is 5.38. The third-order valence-corrected chi connectivity index (χ3v) is 4.57. The van der Waals surface area contributed by atoms with Crippen LogP contribution < -0.4 is 15.7 Å². The largest absolute Gasteiger partial charge is 0.483 e. The molecule has 1 amide bonds. The molecule has 2 aromatic rings. The van der Waals surface area contributed by atoms with Crippen molar-refractivity contribution in [3.63, 3.8) is 0 Å². The summed E-state index contributed by atoms with van der Waals surface area (Å²) in [5.41, 5.74) is 1.60. The molecule has 1 atom stereocenters. The molecule has 28 heavy (non-hydrogen) atoms. The third kappa shape index (κ3) is 5.34. The fourth-order valence-corrected chi connectivity index (χ4v) is 3.06. The highest BCUT2D eigenvalue weighted by molar-refractivity contribution is 5.86. The molecule has 0 aliphatic heterocycles. The van der Waals surface area contributed by atoms with Gasteiger partial charge in [-0.15, -0.1) is 0 Å². The van der Waals surface area contributed by atoms with Crippen molar-refractivity contribution in [3.05, 3.63) is 39.7 Å². The van der Waals surface area contributed by atoms with Gasteiger partial charge in [-0.25, -0.2) is 9.59 Å². The van der Waals surface area contributed by atoms with E-state index in [1.54, 1.807) is 13.0 Å². The van der Waals surface area contributed by atoms with E-state index in [0.29, 0.717) is 29.7 Å². The molecule has 152 valence electrons. The Kier molecular flexibility index (Phi) is 7.61. The number of amides is 1. The Morgan fingerprint density at radius 1 is 1.25 bits per heavy atom. The number of carboxylic acid groups (broad SMARTS) is 1. The van der Waals surface area contributed by atoms with Gasteiger partial charge >= 0.3 is 11.6 Å². The first-order valence-corrected chi connectivity index (χ1v) is 9.58. The number of rotatable bonds is 10. The summed E-state index contributed by atoms with van der Waals surface area (Å²) in [5.74, 6) is -1.17. The monoisotopic (exact) mass is 389 g/mol. The van der Waals surface area contributed by atoms with Crippen molar-refractivity contribution < 1.29 is 23.8 Å². The molecule has 7 nitrogen and oxygen atoms in total. The molecule has 0 saturated heterocycles. The highest BCUT2D eigenvalue weighted by Gasteiger charge is 2.19. The van der Waals surface area contributed by atoms with E-state index in [-0.39, 0.29) is 6.61 Å². The zero-order valence-corrected chi connectivity index (χ0v) is 16.5. The second kappa shape index (κ2) is 9.92. The fourth-order valence-electron chi connectivity index (χ4n) is 3.06. The van der Waals surface area contributed by atoms with E-state index < -0.39 is 23.5 Å². The van der Waals surface area contributed by atoms with Crippen molar-refractivity contribution in [2.75, 3.05) is 6.61 Å². The van der Waals surface area contributed by atoms with Crippen LogP contribution in [0.1, 0.15) is 50.7 Å². The fraction of sp³-hybridized carbons (Fsp3) is 0.476. The van der Waals surface area contributed by atoms with Gasteiger partial charge in [0.1, 0.15) is 17.4 Å². The van der Waals surface area contributed by atoms with Gasteiger partial charge in [0.15, 0.2) is 6.61 Å². The summed E-state index contributed by atoms with van der Waals surface area (Å²) in [4.78, 5) is 35.1. The average molecular weight is 389 g/mol. The lowest BCUT2D eigenvalue weighted by molar-refractivity contribution is -0.142. The Balaban J connectivity index is 2.17. The number of ether oxygens (including phenoxy) is 1. The molecule has 1 unspecified atom stereocenters. The lowest BCUT2D eigenvalue weighted by Gasteiger charge is -2.15. The number of aryl methyl sites for hydroxylation is 2. The second-order valence-electron chi connectivity index (χ2n) is 6.80. The topological polar surface area (TPSA) is 106 Å². The number of hydrogen-bond donors (Lipinski definition) is 2. The van der Waals surface area contributed by atoms with Crippen molar-refractivity contribution in [1.82, 2.24) is 5.32 Å². The van der Waals surface area contributed by atoms with Crippen molar-refractivity contribution in [3.8, 4) is 5.75 Å². The van der Waals surface area contributed by atoms with Crippen molar-refractivity contribution in [1.29, 1.82) is 0 Å². The van der Waals surface area contributed by atoms with Gasteiger partial charge in [0.05, 0.1) is 0 Å². The van der Waals surface area contributed by atoms with E-state index in [4.69, 9.17) is 14.3 Å². The molecule has 0 saturated carbocycles. The van der Waals surface area contributed by atoms with E-state index in [1.165, 1.54) is 6.07 Å². The molecule has 0 radical (unpaired) electrons. The van der Waals surface area contributed by atoms with Crippen LogP contribution in [-0.2, 0) is 16.0 Å². The number of fused-ring (bicyclic) bond motifs is 1. The van der Waals surface area contributed by atoms with E-state index in [9.17, 15) is 14.4 Å². The maximum atomic E-state index is 12.0. The first kappa shape index (κ1) is 21.5. The minimum absolute atomic E-state index is 0.320. The van der Waals surface area contributed by atoms with Gasteiger partial charge in [0.25, 0.3) is 5.91 Å². The van der Waals surface area contributed by atoms with Crippen LogP contribution in [0.4, 0.5) is 0 Å². The van der Waals surface area contributed by atoms with Crippen molar-refractivity contribution in [2.24, 2.45) is 0 Å². The normalized spacial score (nSPS) is 12.0. The number of unbranched alkanes of at least 4 members (excludes halogenated alkanes) is 1. The summed E-state index contributed by atoms with van der Waals surface area (Å²) in [6.07, 6.45) is 3.77. The molecule has 0 spiro atoms. The molecule has 0 fully saturated rings. The van der Waals surface area contributed by atoms with E-state index in [0.717, 1.165) is 30.2 Å². The Hall–Kier alpha value is -2.83. The first-order valence-electron chi connectivity index (χ1n) is 9.58. The lowest BCUT2D eigenvalue weighted by Crippen LogP contribution is -2.42. The number of aliphatic carboxylic acids is 1. The molecule has 0 aliphatic rings. The average Bonchev–Trinajstić information content (AvgIpc) is 2.65. The summed E-state index contributed by atoms with van der Waals surface area (Å²) < 4.78 is 10.9. The number of carboxylic acids is 1. The predicted octanol–water partition coefficient (Wildman–Crippen LogP) is 3.19. The molecule has 2 N–H and O–H groups in total. The Morgan fingerprint density at radius 3 is 2.64 bits per heavy atom.